The van der Waals surface area contributed by atoms with Gasteiger partial charge in [0.05, 0.1) is 24.4 Å². The number of hydrogen-bond acceptors (Lipinski definition) is 6. The number of amides is 3. The minimum atomic E-state index is -0.614. The van der Waals surface area contributed by atoms with Crippen LogP contribution in [-0.4, -0.2) is 103 Å². The molecule has 4 aliphatic heterocycles. The average molecular weight is 497 g/mol. The molecule has 3 amide bonds. The number of carbonyl (C=O) groups is 3. The van der Waals surface area contributed by atoms with Crippen LogP contribution in [0.5, 0.6) is 5.75 Å². The first kappa shape index (κ1) is 24.8. The van der Waals surface area contributed by atoms with Crippen molar-refractivity contribution in [2.24, 2.45) is 0 Å². The molecule has 9 nitrogen and oxygen atoms in total. The number of nitrogens with one attached hydrogen (secondary N) is 1. The minimum Gasteiger partial charge on any atom is -0.493 e. The average Bonchev–Trinajstić information content (AvgIpc) is 2.91. The Balaban J connectivity index is 1.37. The van der Waals surface area contributed by atoms with E-state index >= 15 is 0 Å². The first-order valence-corrected chi connectivity index (χ1v) is 13.1. The molecule has 194 valence electrons. The first-order valence-electron chi connectivity index (χ1n) is 13.1. The zero-order valence-electron chi connectivity index (χ0n) is 20.9. The van der Waals surface area contributed by atoms with E-state index in [1.807, 2.05) is 29.2 Å². The van der Waals surface area contributed by atoms with Crippen LogP contribution in [0, 0.1) is 0 Å². The standard InChI is InChI=1S/C27H36N4O5/c1-19(32)29-12-9-20(10-13-29)30-14-15-31-24(18-30)26(33)28-17-22-6-4-5-21(36-22)11-16-35-25-8-3-2-7-23(25)27(31)34/h2-4,6-8,20-22,24H,5,9-18H2,1H3,(H,28,33)/t21-,22-,24-/m0/s1. The van der Waals surface area contributed by atoms with E-state index in [4.69, 9.17) is 9.47 Å². The molecule has 5 rings (SSSR count). The van der Waals surface area contributed by atoms with Crippen LogP contribution in [0.1, 0.15) is 43.0 Å². The molecule has 4 aliphatic rings. The molecule has 2 bridgehead atoms. The van der Waals surface area contributed by atoms with Gasteiger partial charge in [-0.1, -0.05) is 24.3 Å². The fourth-order valence-electron chi connectivity index (χ4n) is 5.72. The predicted molar refractivity (Wildman–Crippen MR) is 134 cm³/mol. The van der Waals surface area contributed by atoms with Crippen LogP contribution in [-0.2, 0) is 14.3 Å². The van der Waals surface area contributed by atoms with E-state index in [0.29, 0.717) is 56.6 Å². The summed E-state index contributed by atoms with van der Waals surface area (Å²) in [6.07, 6.45) is 7.20. The summed E-state index contributed by atoms with van der Waals surface area (Å²) < 4.78 is 12.2. The van der Waals surface area contributed by atoms with Gasteiger partial charge < -0.3 is 24.6 Å². The van der Waals surface area contributed by atoms with Crippen molar-refractivity contribution < 1.29 is 23.9 Å². The molecule has 0 unspecified atom stereocenters. The highest BCUT2D eigenvalue weighted by atomic mass is 16.5. The van der Waals surface area contributed by atoms with E-state index < -0.39 is 6.04 Å². The van der Waals surface area contributed by atoms with Gasteiger partial charge in [-0.05, 0) is 31.4 Å². The maximum atomic E-state index is 13.8. The molecule has 1 aromatic carbocycles. The van der Waals surface area contributed by atoms with Crippen LogP contribution in [0.4, 0.5) is 0 Å². The monoisotopic (exact) mass is 496 g/mol. The summed E-state index contributed by atoms with van der Waals surface area (Å²) in [6.45, 7) is 5.52. The number of fused-ring (bicyclic) bond motifs is 4. The normalized spacial score (nSPS) is 28.4. The Morgan fingerprint density at radius 3 is 2.67 bits per heavy atom. The van der Waals surface area contributed by atoms with Crippen molar-refractivity contribution >= 4 is 17.7 Å². The van der Waals surface area contributed by atoms with Gasteiger partial charge in [-0.2, -0.15) is 0 Å². The molecule has 2 saturated heterocycles. The molecule has 1 aromatic rings. The van der Waals surface area contributed by atoms with E-state index in [9.17, 15) is 14.4 Å². The van der Waals surface area contributed by atoms with Crippen LogP contribution in [0.25, 0.3) is 0 Å². The van der Waals surface area contributed by atoms with Gasteiger partial charge in [0, 0.05) is 58.7 Å². The predicted octanol–water partition coefficient (Wildman–Crippen LogP) is 1.44. The van der Waals surface area contributed by atoms with Crippen LogP contribution in [0.15, 0.2) is 36.4 Å². The van der Waals surface area contributed by atoms with Gasteiger partial charge in [-0.25, -0.2) is 0 Å². The number of hydrogen-bond donors (Lipinski definition) is 1. The highest BCUT2D eigenvalue weighted by Gasteiger charge is 2.39. The zero-order valence-corrected chi connectivity index (χ0v) is 20.9. The van der Waals surface area contributed by atoms with Crippen molar-refractivity contribution in [3.8, 4) is 5.75 Å². The Morgan fingerprint density at radius 2 is 1.86 bits per heavy atom. The van der Waals surface area contributed by atoms with Crippen molar-refractivity contribution in [3.63, 3.8) is 0 Å². The van der Waals surface area contributed by atoms with Crippen molar-refractivity contribution in [2.75, 3.05) is 45.9 Å². The molecular weight excluding hydrogens is 460 g/mol. The number of carbonyl (C=O) groups excluding carboxylic acids is 3. The maximum absolute atomic E-state index is 13.8. The van der Waals surface area contributed by atoms with Crippen LogP contribution >= 0.6 is 0 Å². The van der Waals surface area contributed by atoms with Crippen molar-refractivity contribution in [1.82, 2.24) is 20.0 Å². The second kappa shape index (κ2) is 11.0. The zero-order chi connectivity index (χ0) is 25.1. The Bertz CT molecular complexity index is 1010. The minimum absolute atomic E-state index is 0.0187. The van der Waals surface area contributed by atoms with Gasteiger partial charge in [0.15, 0.2) is 0 Å². The summed E-state index contributed by atoms with van der Waals surface area (Å²) in [5, 5.41) is 3.06. The SMILES string of the molecule is CC(=O)N1CCC(N2CCN3C(=O)c4ccccc4OCC[C@@H]4CC=C[C@@H](CNC(=O)[C@@H]3C2)O4)CC1. The third-order valence-electron chi connectivity index (χ3n) is 7.81. The van der Waals surface area contributed by atoms with E-state index in [-0.39, 0.29) is 29.9 Å². The van der Waals surface area contributed by atoms with Crippen LogP contribution < -0.4 is 10.1 Å². The summed E-state index contributed by atoms with van der Waals surface area (Å²) in [4.78, 5) is 44.9. The highest BCUT2D eigenvalue weighted by Crippen LogP contribution is 2.26. The van der Waals surface area contributed by atoms with Gasteiger partial charge in [-0.15, -0.1) is 0 Å². The lowest BCUT2D eigenvalue weighted by atomic mass is 9.99. The second-order valence-electron chi connectivity index (χ2n) is 10.1. The highest BCUT2D eigenvalue weighted by molar-refractivity contribution is 6.00. The summed E-state index contributed by atoms with van der Waals surface area (Å²) in [7, 11) is 0. The number of likely N-dealkylation sites (tertiary alicyclic amines) is 1. The Kier molecular flexibility index (Phi) is 7.57. The molecule has 9 heteroatoms. The molecule has 1 N–H and O–H groups in total. The maximum Gasteiger partial charge on any atom is 0.258 e. The summed E-state index contributed by atoms with van der Waals surface area (Å²) >= 11 is 0. The smallest absolute Gasteiger partial charge is 0.258 e. The molecule has 3 atom stereocenters. The van der Waals surface area contributed by atoms with Crippen molar-refractivity contribution in [3.05, 3.63) is 42.0 Å². The van der Waals surface area contributed by atoms with Gasteiger partial charge in [0.2, 0.25) is 11.8 Å². The molecule has 0 saturated carbocycles. The third kappa shape index (κ3) is 5.42. The quantitative estimate of drug-likeness (QED) is 0.592. The lowest BCUT2D eigenvalue weighted by Crippen LogP contribution is -2.63. The van der Waals surface area contributed by atoms with Crippen LogP contribution in [0.2, 0.25) is 0 Å². The molecule has 36 heavy (non-hydrogen) atoms. The van der Waals surface area contributed by atoms with Gasteiger partial charge >= 0.3 is 0 Å². The van der Waals surface area contributed by atoms with Gasteiger partial charge in [0.25, 0.3) is 5.91 Å². The third-order valence-corrected chi connectivity index (χ3v) is 7.81. The largest absolute Gasteiger partial charge is 0.493 e. The van der Waals surface area contributed by atoms with E-state index in [0.717, 1.165) is 32.4 Å². The molecular formula is C27H36N4O5. The fraction of sp³-hybridized carbons (Fsp3) is 0.593. The Hall–Kier alpha value is -2.91. The lowest BCUT2D eigenvalue weighted by molar-refractivity contribution is -0.131. The number of nitrogens with zero attached hydrogens (tertiary/aromatic N) is 3. The molecule has 0 spiro atoms. The lowest BCUT2D eigenvalue weighted by Gasteiger charge is -2.46. The number of ether oxygens (including phenoxy) is 2. The van der Waals surface area contributed by atoms with Crippen molar-refractivity contribution in [1.29, 1.82) is 0 Å². The number of piperidine rings is 1. The number of para-hydroxylation sites is 1. The van der Waals surface area contributed by atoms with E-state index in [2.05, 4.69) is 16.3 Å². The first-order chi connectivity index (χ1) is 17.5. The summed E-state index contributed by atoms with van der Waals surface area (Å²) in [5.74, 6) is 0.311. The second-order valence-corrected chi connectivity index (χ2v) is 10.1. The molecule has 0 radical (unpaired) electrons. The summed E-state index contributed by atoms with van der Waals surface area (Å²) in [5.41, 5.74) is 0.484. The number of piperazine rings is 1. The van der Waals surface area contributed by atoms with Crippen molar-refractivity contribution in [2.45, 2.75) is 56.9 Å². The Morgan fingerprint density at radius 1 is 1.06 bits per heavy atom. The molecule has 0 aromatic heterocycles. The summed E-state index contributed by atoms with van der Waals surface area (Å²) in [6, 6.07) is 6.96. The van der Waals surface area contributed by atoms with Gasteiger partial charge in [0.1, 0.15) is 11.8 Å². The Labute approximate surface area is 212 Å². The van der Waals surface area contributed by atoms with Gasteiger partial charge in [-0.3, -0.25) is 19.3 Å². The molecule has 2 fully saturated rings. The topological polar surface area (TPSA) is 91.4 Å². The number of benzene rings is 1. The van der Waals surface area contributed by atoms with Crippen LogP contribution in [0.3, 0.4) is 0 Å². The molecule has 0 aliphatic carbocycles. The molecule has 4 heterocycles. The fourth-order valence-corrected chi connectivity index (χ4v) is 5.72. The van der Waals surface area contributed by atoms with E-state index in [1.54, 1.807) is 17.9 Å². The number of rotatable bonds is 1. The van der Waals surface area contributed by atoms with E-state index in [1.165, 1.54) is 0 Å².